The van der Waals surface area contributed by atoms with Crippen molar-refractivity contribution >= 4 is 29.0 Å². The SMILES string of the molecule is C=CC.CC(C)=NN1C(N2CCNCC2)=Nc2ccc(Cl)cc2C1C. The molecule has 5 nitrogen and oxygen atoms in total. The van der Waals surface area contributed by atoms with Gasteiger partial charge in [-0.25, -0.2) is 10.0 Å². The van der Waals surface area contributed by atoms with Crippen molar-refractivity contribution in [2.75, 3.05) is 26.2 Å². The van der Waals surface area contributed by atoms with Crippen LogP contribution in [-0.4, -0.2) is 47.8 Å². The lowest BCUT2D eigenvalue weighted by molar-refractivity contribution is 0.258. The van der Waals surface area contributed by atoms with Crippen LogP contribution in [0.1, 0.15) is 39.3 Å². The lowest BCUT2D eigenvalue weighted by atomic mass is 10.0. The number of halogens is 1. The molecular weight excluding hydrogens is 334 g/mol. The van der Waals surface area contributed by atoms with E-state index in [2.05, 4.69) is 23.7 Å². The van der Waals surface area contributed by atoms with Gasteiger partial charge in [-0.1, -0.05) is 17.7 Å². The van der Waals surface area contributed by atoms with Crippen molar-refractivity contribution in [1.82, 2.24) is 15.2 Å². The summed E-state index contributed by atoms with van der Waals surface area (Å²) in [6, 6.07) is 6.00. The van der Waals surface area contributed by atoms with E-state index in [4.69, 9.17) is 21.7 Å². The number of benzene rings is 1. The Morgan fingerprint density at radius 2 is 2.00 bits per heavy atom. The van der Waals surface area contributed by atoms with E-state index in [-0.39, 0.29) is 6.04 Å². The van der Waals surface area contributed by atoms with E-state index in [1.165, 1.54) is 0 Å². The van der Waals surface area contributed by atoms with E-state index in [9.17, 15) is 0 Å². The Morgan fingerprint density at radius 1 is 1.36 bits per heavy atom. The summed E-state index contributed by atoms with van der Waals surface area (Å²) in [6.07, 6.45) is 1.75. The molecule has 1 aromatic carbocycles. The molecule has 2 aliphatic heterocycles. The number of hydrogen-bond acceptors (Lipinski definition) is 5. The van der Waals surface area contributed by atoms with Crippen LogP contribution in [0.15, 0.2) is 40.9 Å². The molecular formula is C19H28ClN5. The molecule has 1 unspecified atom stereocenters. The fourth-order valence-electron chi connectivity index (χ4n) is 2.85. The van der Waals surface area contributed by atoms with Crippen LogP contribution in [0.25, 0.3) is 0 Å². The van der Waals surface area contributed by atoms with Crippen LogP contribution in [0.2, 0.25) is 5.02 Å². The molecule has 1 N–H and O–H groups in total. The zero-order chi connectivity index (χ0) is 18.4. The number of hydrazone groups is 1. The number of hydrogen-bond donors (Lipinski definition) is 1. The molecule has 1 saturated heterocycles. The van der Waals surface area contributed by atoms with Gasteiger partial charge in [-0.15, -0.1) is 6.58 Å². The lowest BCUT2D eigenvalue weighted by Crippen LogP contribution is -2.52. The summed E-state index contributed by atoms with van der Waals surface area (Å²) in [7, 11) is 0. The summed E-state index contributed by atoms with van der Waals surface area (Å²) >= 11 is 6.16. The van der Waals surface area contributed by atoms with Gasteiger partial charge < -0.3 is 10.2 Å². The maximum atomic E-state index is 6.16. The number of aliphatic imine (C=N–C) groups is 1. The van der Waals surface area contributed by atoms with Crippen molar-refractivity contribution in [1.29, 1.82) is 0 Å². The van der Waals surface area contributed by atoms with Gasteiger partial charge in [-0.3, -0.25) is 0 Å². The molecule has 2 heterocycles. The van der Waals surface area contributed by atoms with Gasteiger partial charge in [-0.05, 0) is 45.9 Å². The first kappa shape index (κ1) is 19.5. The highest BCUT2D eigenvalue weighted by Gasteiger charge is 2.31. The predicted molar refractivity (Wildman–Crippen MR) is 108 cm³/mol. The average molecular weight is 362 g/mol. The Bertz CT molecular complexity index is 658. The summed E-state index contributed by atoms with van der Waals surface area (Å²) < 4.78 is 0. The lowest BCUT2D eigenvalue weighted by Gasteiger charge is -2.39. The van der Waals surface area contributed by atoms with Crippen molar-refractivity contribution in [2.45, 2.75) is 33.7 Å². The van der Waals surface area contributed by atoms with Gasteiger partial charge in [0.15, 0.2) is 0 Å². The summed E-state index contributed by atoms with van der Waals surface area (Å²) in [5.41, 5.74) is 3.13. The second kappa shape index (κ2) is 9.02. The topological polar surface area (TPSA) is 43.2 Å². The van der Waals surface area contributed by atoms with E-state index >= 15 is 0 Å². The van der Waals surface area contributed by atoms with Gasteiger partial charge in [0.2, 0.25) is 5.96 Å². The summed E-state index contributed by atoms with van der Waals surface area (Å²) in [4.78, 5) is 7.17. The Hall–Kier alpha value is -1.85. The quantitative estimate of drug-likeness (QED) is 0.602. The first-order valence-electron chi connectivity index (χ1n) is 8.69. The fourth-order valence-corrected chi connectivity index (χ4v) is 3.03. The smallest absolute Gasteiger partial charge is 0.223 e. The van der Waals surface area contributed by atoms with Gasteiger partial charge in [0.1, 0.15) is 0 Å². The van der Waals surface area contributed by atoms with Gasteiger partial charge in [0.05, 0.1) is 11.7 Å². The van der Waals surface area contributed by atoms with E-state index < -0.39 is 0 Å². The molecule has 6 heteroatoms. The molecule has 0 amide bonds. The number of nitrogens with zero attached hydrogens (tertiary/aromatic N) is 4. The minimum Gasteiger partial charge on any atom is -0.338 e. The minimum absolute atomic E-state index is 0.117. The highest BCUT2D eigenvalue weighted by Crippen LogP contribution is 2.37. The third-order valence-corrected chi connectivity index (χ3v) is 4.17. The fraction of sp³-hybridized carbons (Fsp3) is 0.474. The molecule has 25 heavy (non-hydrogen) atoms. The van der Waals surface area contributed by atoms with E-state index in [0.29, 0.717) is 0 Å². The number of guanidine groups is 1. The molecule has 1 atom stereocenters. The van der Waals surface area contributed by atoms with Crippen LogP contribution in [0.5, 0.6) is 0 Å². The second-order valence-corrected chi connectivity index (χ2v) is 6.76. The molecule has 0 bridgehead atoms. The number of fused-ring (bicyclic) bond motifs is 1. The summed E-state index contributed by atoms with van der Waals surface area (Å²) in [5, 5.41) is 10.9. The Balaban J connectivity index is 0.000000701. The number of allylic oxidation sites excluding steroid dienone is 1. The molecule has 0 aromatic heterocycles. The van der Waals surface area contributed by atoms with Crippen LogP contribution in [0.4, 0.5) is 5.69 Å². The highest BCUT2D eigenvalue weighted by atomic mass is 35.5. The molecule has 1 aromatic rings. The average Bonchev–Trinajstić information content (AvgIpc) is 2.59. The Kier molecular flexibility index (Phi) is 7.02. The molecule has 136 valence electrons. The van der Waals surface area contributed by atoms with Crippen LogP contribution in [0.3, 0.4) is 0 Å². The number of piperazine rings is 1. The van der Waals surface area contributed by atoms with Crippen molar-refractivity contribution in [3.05, 3.63) is 41.4 Å². The second-order valence-electron chi connectivity index (χ2n) is 6.33. The largest absolute Gasteiger partial charge is 0.338 e. The highest BCUT2D eigenvalue weighted by molar-refractivity contribution is 6.30. The molecule has 1 fully saturated rings. The van der Waals surface area contributed by atoms with Crippen LogP contribution in [-0.2, 0) is 0 Å². The monoisotopic (exact) mass is 361 g/mol. The van der Waals surface area contributed by atoms with E-state index in [1.54, 1.807) is 6.08 Å². The van der Waals surface area contributed by atoms with Crippen LogP contribution >= 0.6 is 11.6 Å². The zero-order valence-electron chi connectivity index (χ0n) is 15.6. The normalized spacial score (nSPS) is 19.2. The Labute approximate surface area is 156 Å². The summed E-state index contributed by atoms with van der Waals surface area (Å²) in [6.45, 7) is 15.3. The molecule has 3 rings (SSSR count). The van der Waals surface area contributed by atoms with Gasteiger partial charge >= 0.3 is 0 Å². The number of rotatable bonds is 1. The van der Waals surface area contributed by atoms with Crippen molar-refractivity contribution in [3.8, 4) is 0 Å². The first-order chi connectivity index (χ1) is 12.0. The van der Waals surface area contributed by atoms with Crippen LogP contribution < -0.4 is 5.32 Å². The third kappa shape index (κ3) is 4.83. The molecule has 0 aliphatic carbocycles. The van der Waals surface area contributed by atoms with Crippen molar-refractivity contribution < 1.29 is 0 Å². The van der Waals surface area contributed by atoms with Crippen molar-refractivity contribution in [2.24, 2.45) is 10.1 Å². The Morgan fingerprint density at radius 3 is 2.60 bits per heavy atom. The molecule has 0 saturated carbocycles. The van der Waals surface area contributed by atoms with Gasteiger partial charge in [-0.2, -0.15) is 5.10 Å². The number of nitrogens with one attached hydrogen (secondary N) is 1. The maximum Gasteiger partial charge on any atom is 0.223 e. The van der Waals surface area contributed by atoms with Crippen LogP contribution in [0, 0.1) is 0 Å². The summed E-state index contributed by atoms with van der Waals surface area (Å²) in [5.74, 6) is 0.935. The standard InChI is InChI=1S/C16H22ClN5.C3H6/c1-11(2)20-22-12(3)14-10-13(17)4-5-15(14)19-16(22)21-8-6-18-7-9-21;1-3-2/h4-5,10,12,18H,6-9H2,1-3H3;3H,1H2,2H3. The molecule has 0 radical (unpaired) electrons. The van der Waals surface area contributed by atoms with Gasteiger partial charge in [0.25, 0.3) is 0 Å². The minimum atomic E-state index is 0.117. The van der Waals surface area contributed by atoms with Crippen molar-refractivity contribution in [3.63, 3.8) is 0 Å². The zero-order valence-corrected chi connectivity index (χ0v) is 16.3. The first-order valence-corrected chi connectivity index (χ1v) is 9.07. The predicted octanol–water partition coefficient (Wildman–Crippen LogP) is 4.20. The van der Waals surface area contributed by atoms with E-state index in [1.807, 2.05) is 44.0 Å². The third-order valence-electron chi connectivity index (χ3n) is 3.94. The molecule has 2 aliphatic rings. The van der Waals surface area contributed by atoms with E-state index in [0.717, 1.165) is 54.1 Å². The molecule has 0 spiro atoms. The maximum absolute atomic E-state index is 6.16. The van der Waals surface area contributed by atoms with Gasteiger partial charge in [0, 0.05) is 42.5 Å².